The number of hydrogen-bond donors (Lipinski definition) is 2. The molecule has 0 heterocycles. The lowest BCUT2D eigenvalue weighted by Gasteiger charge is -1.90. The smallest absolute Gasteiger partial charge is 0.174 e. The highest BCUT2D eigenvalue weighted by Crippen LogP contribution is 1.81. The second-order valence-electron chi connectivity index (χ2n) is 0.909. The zero-order valence-corrected chi connectivity index (χ0v) is 6.27. The topological polar surface area (TPSA) is 50.4 Å². The fourth-order valence-corrected chi connectivity index (χ4v) is 0.526. The molecule has 0 amide bonds. The summed E-state index contributed by atoms with van der Waals surface area (Å²) in [7, 11) is 0. The van der Waals surface area contributed by atoms with E-state index in [0.717, 1.165) is 10.4 Å². The summed E-state index contributed by atoms with van der Waals surface area (Å²) in [5.41, 5.74) is 2.40. The Morgan fingerprint density at radius 1 is 2.00 bits per heavy atom. The Bertz CT molecular complexity index is 70.6. The highest BCUT2D eigenvalue weighted by molar-refractivity contribution is 14.1. The number of aliphatic imine (C=N–C) groups is 1. The van der Waals surface area contributed by atoms with E-state index < -0.39 is 0 Å². The van der Waals surface area contributed by atoms with Crippen molar-refractivity contribution in [3.05, 3.63) is 0 Å². The molecule has 0 rings (SSSR count). The molecule has 4 heteroatoms. The number of nitrogens with one attached hydrogen (secondary N) is 1. The molecule has 3 nitrogen and oxygen atoms in total. The first-order valence-corrected chi connectivity index (χ1v) is 3.05. The quantitative estimate of drug-likeness (QED) is 0.164. The van der Waals surface area contributed by atoms with Gasteiger partial charge in [-0.3, -0.25) is 4.99 Å². The Kier molecular flexibility index (Phi) is 4.42. The molecule has 0 fully saturated rings. The number of hydrazine groups is 1. The van der Waals surface area contributed by atoms with Crippen molar-refractivity contribution in [1.29, 1.82) is 0 Å². The van der Waals surface area contributed by atoms with Gasteiger partial charge in [0.1, 0.15) is 0 Å². The molecular formula is C3H8IN3. The first-order chi connectivity index (χ1) is 3.31. The molecule has 0 aliphatic heterocycles. The summed E-state index contributed by atoms with van der Waals surface area (Å²) >= 11 is 2.02. The summed E-state index contributed by atoms with van der Waals surface area (Å²) in [4.78, 5) is 3.91. The molecule has 0 aliphatic rings. The Morgan fingerprint density at radius 3 is 2.71 bits per heavy atom. The fraction of sp³-hybridized carbons (Fsp3) is 0.667. The molecule has 0 unspecified atom stereocenters. The molecule has 7 heavy (non-hydrogen) atoms. The molecular weight excluding hydrogens is 205 g/mol. The molecule has 0 aromatic rings. The number of amidine groups is 1. The summed E-state index contributed by atoms with van der Waals surface area (Å²) in [6.07, 6.45) is 0. The maximum Gasteiger partial charge on any atom is 0.174 e. The molecule has 0 atom stereocenters. The minimum Gasteiger partial charge on any atom is -0.304 e. The van der Waals surface area contributed by atoms with Gasteiger partial charge in [-0.25, -0.2) is 5.84 Å². The van der Waals surface area contributed by atoms with Crippen molar-refractivity contribution in [1.82, 2.24) is 5.43 Å². The summed E-state index contributed by atoms with van der Waals surface area (Å²) in [6, 6.07) is 0. The summed E-state index contributed by atoms with van der Waals surface area (Å²) in [6.45, 7) is 2.73. The summed E-state index contributed by atoms with van der Waals surface area (Å²) in [5.74, 6) is 4.97. The lowest BCUT2D eigenvalue weighted by atomic mass is 10.8. The summed E-state index contributed by atoms with van der Waals surface area (Å²) < 4.78 is 0.750. The molecule has 0 radical (unpaired) electrons. The third-order valence-corrected chi connectivity index (χ3v) is 1.07. The number of rotatable bonds is 1. The lowest BCUT2D eigenvalue weighted by molar-refractivity contribution is 1.02. The van der Waals surface area contributed by atoms with Crippen molar-refractivity contribution < 1.29 is 0 Å². The molecule has 0 bridgehead atoms. The van der Waals surface area contributed by atoms with Crippen LogP contribution in [0.2, 0.25) is 0 Å². The van der Waals surface area contributed by atoms with Gasteiger partial charge >= 0.3 is 0 Å². The van der Waals surface area contributed by atoms with Gasteiger partial charge in [0.25, 0.3) is 0 Å². The van der Waals surface area contributed by atoms with E-state index in [2.05, 4.69) is 10.4 Å². The molecule has 0 saturated heterocycles. The van der Waals surface area contributed by atoms with Gasteiger partial charge in [-0.05, 0) is 6.92 Å². The third-order valence-electron chi connectivity index (χ3n) is 0.416. The summed E-state index contributed by atoms with van der Waals surface area (Å²) in [5, 5.41) is 0. The van der Waals surface area contributed by atoms with Crippen LogP contribution >= 0.6 is 22.6 Å². The van der Waals surface area contributed by atoms with Crippen LogP contribution in [0.3, 0.4) is 0 Å². The third kappa shape index (κ3) is 4.00. The van der Waals surface area contributed by atoms with E-state index in [0.29, 0.717) is 0 Å². The highest BCUT2D eigenvalue weighted by Gasteiger charge is 1.78. The van der Waals surface area contributed by atoms with Crippen LogP contribution in [0.4, 0.5) is 0 Å². The van der Waals surface area contributed by atoms with Crippen molar-refractivity contribution in [2.45, 2.75) is 6.92 Å². The fourth-order valence-electron chi connectivity index (χ4n) is 0.184. The van der Waals surface area contributed by atoms with Gasteiger partial charge in [0.15, 0.2) is 3.84 Å². The van der Waals surface area contributed by atoms with Gasteiger partial charge in [0.05, 0.1) is 0 Å². The predicted molar refractivity (Wildman–Crippen MR) is 39.3 cm³/mol. The molecule has 0 saturated carbocycles. The minimum absolute atomic E-state index is 0.750. The van der Waals surface area contributed by atoms with E-state index in [1.54, 1.807) is 0 Å². The van der Waals surface area contributed by atoms with Crippen LogP contribution in [0.25, 0.3) is 0 Å². The van der Waals surface area contributed by atoms with E-state index in [-0.39, 0.29) is 0 Å². The van der Waals surface area contributed by atoms with Crippen LogP contribution in [0.15, 0.2) is 4.99 Å². The zero-order chi connectivity index (χ0) is 5.70. The minimum atomic E-state index is 0.750. The van der Waals surface area contributed by atoms with Crippen LogP contribution in [0.1, 0.15) is 6.92 Å². The number of nitrogens with zero attached hydrogens (tertiary/aromatic N) is 1. The maximum absolute atomic E-state index is 4.97. The molecule has 0 aliphatic carbocycles. The second kappa shape index (κ2) is 4.32. The normalized spacial score (nSPS) is 11.6. The van der Waals surface area contributed by atoms with E-state index in [9.17, 15) is 0 Å². The van der Waals surface area contributed by atoms with Crippen molar-refractivity contribution in [3.8, 4) is 0 Å². The van der Waals surface area contributed by atoms with Gasteiger partial charge in [0.2, 0.25) is 0 Å². The maximum atomic E-state index is 4.97. The van der Waals surface area contributed by atoms with Crippen LogP contribution in [0.5, 0.6) is 0 Å². The van der Waals surface area contributed by atoms with Gasteiger partial charge in [-0.2, -0.15) is 0 Å². The second-order valence-corrected chi connectivity index (χ2v) is 1.93. The lowest BCUT2D eigenvalue weighted by Crippen LogP contribution is -2.25. The Hall–Kier alpha value is 0.160. The molecule has 0 aromatic carbocycles. The Balaban J connectivity index is 3.29. The van der Waals surface area contributed by atoms with Crippen LogP contribution < -0.4 is 11.3 Å². The number of nitrogens with two attached hydrogens (primary N) is 1. The Labute approximate surface area is 56.5 Å². The largest absolute Gasteiger partial charge is 0.304 e. The van der Waals surface area contributed by atoms with Crippen molar-refractivity contribution in [2.75, 3.05) is 6.54 Å². The van der Waals surface area contributed by atoms with Crippen LogP contribution in [-0.4, -0.2) is 10.4 Å². The van der Waals surface area contributed by atoms with E-state index in [1.807, 2.05) is 29.5 Å². The number of hydrogen-bond acceptors (Lipinski definition) is 2. The van der Waals surface area contributed by atoms with E-state index in [1.165, 1.54) is 0 Å². The van der Waals surface area contributed by atoms with Crippen LogP contribution in [-0.2, 0) is 0 Å². The van der Waals surface area contributed by atoms with Crippen molar-refractivity contribution >= 4 is 26.4 Å². The SMILES string of the molecule is CCN=C(I)NN. The monoisotopic (exact) mass is 213 g/mol. The molecule has 0 aromatic heterocycles. The van der Waals surface area contributed by atoms with Crippen molar-refractivity contribution in [2.24, 2.45) is 10.8 Å². The van der Waals surface area contributed by atoms with Gasteiger partial charge in [-0.1, -0.05) is 0 Å². The van der Waals surface area contributed by atoms with Crippen LogP contribution in [0, 0.1) is 0 Å². The van der Waals surface area contributed by atoms with E-state index in [4.69, 9.17) is 5.84 Å². The number of halogens is 1. The van der Waals surface area contributed by atoms with Gasteiger partial charge < -0.3 is 5.43 Å². The highest BCUT2D eigenvalue weighted by atomic mass is 127. The average molecular weight is 213 g/mol. The molecule has 0 spiro atoms. The van der Waals surface area contributed by atoms with E-state index >= 15 is 0 Å². The zero-order valence-electron chi connectivity index (χ0n) is 4.11. The van der Waals surface area contributed by atoms with Gasteiger partial charge in [0, 0.05) is 29.1 Å². The molecule has 3 N–H and O–H groups in total. The average Bonchev–Trinajstić information content (AvgIpc) is 1.68. The standard InChI is InChI=1S/C3H8IN3/c1-2-6-3(4)7-5/h2,5H2,1H3,(H,6,7). The first kappa shape index (κ1) is 7.16. The first-order valence-electron chi connectivity index (χ1n) is 1.97. The van der Waals surface area contributed by atoms with Gasteiger partial charge in [-0.15, -0.1) is 0 Å². The predicted octanol–water partition coefficient (Wildman–Crippen LogP) is 0.261. The Morgan fingerprint density at radius 2 is 2.57 bits per heavy atom. The van der Waals surface area contributed by atoms with Crippen molar-refractivity contribution in [3.63, 3.8) is 0 Å². The molecule has 42 valence electrons.